The van der Waals surface area contributed by atoms with Gasteiger partial charge in [0.05, 0.1) is 14.2 Å². The van der Waals surface area contributed by atoms with Crippen LogP contribution in [0.5, 0.6) is 11.5 Å². The van der Waals surface area contributed by atoms with E-state index in [0.717, 1.165) is 22.8 Å². The lowest BCUT2D eigenvalue weighted by atomic mass is 10.1. The summed E-state index contributed by atoms with van der Waals surface area (Å²) in [7, 11) is 3.28. The molecule has 1 heterocycles. The average molecular weight is 215 g/mol. The van der Waals surface area contributed by atoms with E-state index in [1.165, 1.54) is 0 Å². The van der Waals surface area contributed by atoms with Crippen LogP contribution in [0.15, 0.2) is 42.6 Å². The van der Waals surface area contributed by atoms with Crippen molar-refractivity contribution >= 4 is 0 Å². The Morgan fingerprint density at radius 3 is 2.31 bits per heavy atom. The number of benzene rings is 1. The maximum absolute atomic E-state index is 5.30. The molecule has 0 bridgehead atoms. The lowest BCUT2D eigenvalue weighted by molar-refractivity contribution is 0.409. The number of hydrogen-bond acceptors (Lipinski definition) is 3. The summed E-state index contributed by atoms with van der Waals surface area (Å²) in [5.74, 6) is 1.53. The highest BCUT2D eigenvalue weighted by atomic mass is 16.5. The second-order valence-electron chi connectivity index (χ2n) is 3.25. The van der Waals surface area contributed by atoms with Crippen LogP contribution in [0.4, 0.5) is 0 Å². The molecule has 1 aromatic carbocycles. The fourth-order valence-corrected chi connectivity index (χ4v) is 1.60. The van der Waals surface area contributed by atoms with Gasteiger partial charge < -0.3 is 9.47 Å². The Balaban J connectivity index is 2.58. The van der Waals surface area contributed by atoms with Crippen LogP contribution >= 0.6 is 0 Å². The molecule has 0 unspecified atom stereocenters. The molecule has 1 aromatic heterocycles. The van der Waals surface area contributed by atoms with Gasteiger partial charge in [-0.05, 0) is 24.3 Å². The van der Waals surface area contributed by atoms with E-state index in [2.05, 4.69) is 4.98 Å². The van der Waals surface area contributed by atoms with E-state index in [-0.39, 0.29) is 0 Å². The van der Waals surface area contributed by atoms with Crippen molar-refractivity contribution in [2.45, 2.75) is 0 Å². The lowest BCUT2D eigenvalue weighted by Crippen LogP contribution is -1.93. The van der Waals surface area contributed by atoms with E-state index in [1.54, 1.807) is 20.4 Å². The van der Waals surface area contributed by atoms with Crippen molar-refractivity contribution in [3.05, 3.63) is 42.6 Å². The highest BCUT2D eigenvalue weighted by molar-refractivity contribution is 5.72. The van der Waals surface area contributed by atoms with Crippen LogP contribution in [0.3, 0.4) is 0 Å². The van der Waals surface area contributed by atoms with Crippen molar-refractivity contribution in [2.24, 2.45) is 0 Å². The molecular weight excluding hydrogens is 202 g/mol. The summed E-state index contributed by atoms with van der Waals surface area (Å²) in [4.78, 5) is 4.32. The summed E-state index contributed by atoms with van der Waals surface area (Å²) in [6.45, 7) is 0. The Bertz CT molecular complexity index is 437. The van der Waals surface area contributed by atoms with Gasteiger partial charge in [0, 0.05) is 11.8 Å². The van der Waals surface area contributed by atoms with E-state index in [9.17, 15) is 0 Å². The first-order chi connectivity index (χ1) is 7.86. The number of rotatable bonds is 3. The largest absolute Gasteiger partial charge is 0.496 e. The van der Waals surface area contributed by atoms with Crippen LogP contribution in [0, 0.1) is 0 Å². The van der Waals surface area contributed by atoms with E-state index in [1.807, 2.05) is 36.4 Å². The van der Waals surface area contributed by atoms with Gasteiger partial charge in [-0.15, -0.1) is 0 Å². The molecule has 0 amide bonds. The molecule has 0 radical (unpaired) electrons. The van der Waals surface area contributed by atoms with Gasteiger partial charge in [-0.3, -0.25) is 4.98 Å². The van der Waals surface area contributed by atoms with Crippen molar-refractivity contribution in [1.82, 2.24) is 4.98 Å². The van der Waals surface area contributed by atoms with Gasteiger partial charge in [0.25, 0.3) is 0 Å². The standard InChI is InChI=1S/C13H13NO2/c1-15-11-7-4-3-6-10(11)13-12(16-2)8-5-9-14-13/h3-9H,1-2H3. The molecule has 16 heavy (non-hydrogen) atoms. The van der Waals surface area contributed by atoms with Crippen molar-refractivity contribution in [1.29, 1.82) is 0 Å². The lowest BCUT2D eigenvalue weighted by Gasteiger charge is -2.10. The van der Waals surface area contributed by atoms with Crippen molar-refractivity contribution in [3.8, 4) is 22.8 Å². The summed E-state index contributed by atoms with van der Waals surface area (Å²) < 4.78 is 10.6. The minimum absolute atomic E-state index is 0.743. The third-order valence-corrected chi connectivity index (χ3v) is 2.35. The average Bonchev–Trinajstić information content (AvgIpc) is 2.38. The van der Waals surface area contributed by atoms with Gasteiger partial charge in [-0.25, -0.2) is 0 Å². The van der Waals surface area contributed by atoms with Crippen molar-refractivity contribution in [3.63, 3.8) is 0 Å². The molecular formula is C13H13NO2. The summed E-state index contributed by atoms with van der Waals surface area (Å²) in [6, 6.07) is 11.5. The van der Waals surface area contributed by atoms with Gasteiger partial charge in [-0.2, -0.15) is 0 Å². The second kappa shape index (κ2) is 4.66. The molecule has 82 valence electrons. The number of para-hydroxylation sites is 1. The van der Waals surface area contributed by atoms with Gasteiger partial charge >= 0.3 is 0 Å². The monoisotopic (exact) mass is 215 g/mol. The maximum Gasteiger partial charge on any atom is 0.145 e. The van der Waals surface area contributed by atoms with Crippen LogP contribution in [0.2, 0.25) is 0 Å². The summed E-state index contributed by atoms with van der Waals surface area (Å²) >= 11 is 0. The third-order valence-electron chi connectivity index (χ3n) is 2.35. The Hall–Kier alpha value is -2.03. The van der Waals surface area contributed by atoms with Gasteiger partial charge in [0.2, 0.25) is 0 Å². The molecule has 2 aromatic rings. The molecule has 3 nitrogen and oxygen atoms in total. The van der Waals surface area contributed by atoms with E-state index < -0.39 is 0 Å². The fraction of sp³-hybridized carbons (Fsp3) is 0.154. The molecule has 0 spiro atoms. The minimum atomic E-state index is 0.743. The van der Waals surface area contributed by atoms with Gasteiger partial charge in [0.15, 0.2) is 0 Å². The van der Waals surface area contributed by atoms with Gasteiger partial charge in [0.1, 0.15) is 17.2 Å². The smallest absolute Gasteiger partial charge is 0.145 e. The molecule has 0 aliphatic heterocycles. The Morgan fingerprint density at radius 1 is 0.875 bits per heavy atom. The highest BCUT2D eigenvalue weighted by Crippen LogP contribution is 2.33. The predicted molar refractivity (Wildman–Crippen MR) is 62.8 cm³/mol. The Labute approximate surface area is 94.7 Å². The van der Waals surface area contributed by atoms with E-state index in [0.29, 0.717) is 0 Å². The van der Waals surface area contributed by atoms with E-state index >= 15 is 0 Å². The van der Waals surface area contributed by atoms with Crippen molar-refractivity contribution < 1.29 is 9.47 Å². The second-order valence-corrected chi connectivity index (χ2v) is 3.25. The Kier molecular flexibility index (Phi) is 3.05. The number of aromatic nitrogens is 1. The third kappa shape index (κ3) is 1.84. The molecule has 0 saturated heterocycles. The molecule has 0 aliphatic carbocycles. The SMILES string of the molecule is COc1ccccc1-c1ncccc1OC. The minimum Gasteiger partial charge on any atom is -0.496 e. The highest BCUT2D eigenvalue weighted by Gasteiger charge is 2.10. The van der Waals surface area contributed by atoms with Crippen LogP contribution < -0.4 is 9.47 Å². The maximum atomic E-state index is 5.30. The van der Waals surface area contributed by atoms with Crippen LogP contribution in [0.25, 0.3) is 11.3 Å². The number of hydrogen-bond donors (Lipinski definition) is 0. The summed E-state index contributed by atoms with van der Waals surface area (Å²) in [6.07, 6.45) is 1.74. The topological polar surface area (TPSA) is 31.4 Å². The molecule has 0 fully saturated rings. The first kappa shape index (κ1) is 10.5. The zero-order chi connectivity index (χ0) is 11.4. The van der Waals surface area contributed by atoms with Crippen LogP contribution in [-0.2, 0) is 0 Å². The number of methoxy groups -OCH3 is 2. The van der Waals surface area contributed by atoms with Gasteiger partial charge in [-0.1, -0.05) is 12.1 Å². The molecule has 3 heteroatoms. The number of pyridine rings is 1. The molecule has 0 saturated carbocycles. The van der Waals surface area contributed by atoms with Crippen LogP contribution in [0.1, 0.15) is 0 Å². The van der Waals surface area contributed by atoms with Crippen molar-refractivity contribution in [2.75, 3.05) is 14.2 Å². The van der Waals surface area contributed by atoms with Crippen LogP contribution in [-0.4, -0.2) is 19.2 Å². The molecule has 0 aliphatic rings. The first-order valence-electron chi connectivity index (χ1n) is 4.99. The zero-order valence-electron chi connectivity index (χ0n) is 9.31. The number of ether oxygens (including phenoxy) is 2. The molecule has 0 N–H and O–H groups in total. The van der Waals surface area contributed by atoms with E-state index in [4.69, 9.17) is 9.47 Å². The summed E-state index contributed by atoms with van der Waals surface area (Å²) in [5.41, 5.74) is 1.73. The number of nitrogens with zero attached hydrogens (tertiary/aromatic N) is 1. The first-order valence-corrected chi connectivity index (χ1v) is 4.99. The zero-order valence-corrected chi connectivity index (χ0v) is 9.31. The quantitative estimate of drug-likeness (QED) is 0.788. The Morgan fingerprint density at radius 2 is 1.56 bits per heavy atom. The molecule has 0 atom stereocenters. The molecule has 2 rings (SSSR count). The predicted octanol–water partition coefficient (Wildman–Crippen LogP) is 2.77. The fourth-order valence-electron chi connectivity index (χ4n) is 1.60. The normalized spacial score (nSPS) is 9.88. The summed E-state index contributed by atoms with van der Waals surface area (Å²) in [5, 5.41) is 0.